The third-order valence-corrected chi connectivity index (χ3v) is 4.66. The van der Waals surface area contributed by atoms with Gasteiger partial charge in [0.15, 0.2) is 5.76 Å². The lowest BCUT2D eigenvalue weighted by atomic mass is 9.95. The zero-order chi connectivity index (χ0) is 16.7. The fourth-order valence-corrected chi connectivity index (χ4v) is 3.50. The topological polar surface area (TPSA) is 110 Å². The van der Waals surface area contributed by atoms with Crippen molar-refractivity contribution in [1.29, 1.82) is 0 Å². The number of rotatable bonds is 4. The Morgan fingerprint density at radius 2 is 2.29 bits per heavy atom. The molecular weight excluding hydrogens is 312 g/mol. The van der Waals surface area contributed by atoms with Gasteiger partial charge < -0.3 is 15.1 Å². The molecule has 3 heterocycles. The normalized spacial score (nSPS) is 24.9. The van der Waals surface area contributed by atoms with Crippen molar-refractivity contribution in [2.45, 2.75) is 37.4 Å². The number of carbonyl (C=O) groups is 1. The van der Waals surface area contributed by atoms with Gasteiger partial charge in [0.25, 0.3) is 11.6 Å². The van der Waals surface area contributed by atoms with Crippen molar-refractivity contribution in [3.63, 3.8) is 0 Å². The van der Waals surface area contributed by atoms with Crippen molar-refractivity contribution in [3.05, 3.63) is 46.5 Å². The maximum Gasteiger partial charge on any atom is 0.307 e. The van der Waals surface area contributed by atoms with E-state index >= 15 is 0 Å². The van der Waals surface area contributed by atoms with E-state index in [1.807, 2.05) is 0 Å². The second kappa shape index (κ2) is 5.72. The van der Waals surface area contributed by atoms with E-state index < -0.39 is 4.92 Å². The van der Waals surface area contributed by atoms with Gasteiger partial charge in [0.05, 0.1) is 11.1 Å². The van der Waals surface area contributed by atoms with Gasteiger partial charge in [-0.1, -0.05) is 12.1 Å². The zero-order valence-corrected chi connectivity index (χ0v) is 12.8. The summed E-state index contributed by atoms with van der Waals surface area (Å²) in [4.78, 5) is 26.7. The van der Waals surface area contributed by atoms with Crippen LogP contribution in [0.15, 0.2) is 34.9 Å². The highest BCUT2D eigenvalue weighted by Crippen LogP contribution is 2.29. The monoisotopic (exact) mass is 328 g/mol. The lowest BCUT2D eigenvalue weighted by molar-refractivity contribution is -0.384. The molecule has 4 rings (SSSR count). The number of non-ortho nitro benzene ring substituents is 1. The first-order valence-electron chi connectivity index (χ1n) is 7.88. The smallest absolute Gasteiger partial charge is 0.307 e. The molecule has 0 aliphatic carbocycles. The Morgan fingerprint density at radius 1 is 1.42 bits per heavy atom. The predicted molar refractivity (Wildman–Crippen MR) is 84.4 cm³/mol. The Morgan fingerprint density at radius 3 is 3.00 bits per heavy atom. The average molecular weight is 328 g/mol. The number of fused-ring (bicyclic) bond motifs is 2. The van der Waals surface area contributed by atoms with Crippen LogP contribution in [0, 0.1) is 10.1 Å². The van der Waals surface area contributed by atoms with Crippen LogP contribution in [-0.4, -0.2) is 33.9 Å². The Kier molecular flexibility index (Phi) is 3.53. The molecular formula is C16H16N4O4. The quantitative estimate of drug-likeness (QED) is 0.655. The summed E-state index contributed by atoms with van der Waals surface area (Å²) in [6, 6.07) is 6.95. The summed E-state index contributed by atoms with van der Waals surface area (Å²) >= 11 is 0. The number of carbonyl (C=O) groups excluding carboxylic acids is 1. The molecule has 2 aromatic rings. The van der Waals surface area contributed by atoms with Gasteiger partial charge in [0.2, 0.25) is 0 Å². The lowest BCUT2D eigenvalue weighted by Gasteiger charge is -2.20. The van der Waals surface area contributed by atoms with Gasteiger partial charge in [-0.2, -0.15) is 0 Å². The number of nitrogens with zero attached hydrogens (tertiary/aromatic N) is 2. The molecule has 1 aromatic heterocycles. The van der Waals surface area contributed by atoms with Gasteiger partial charge in [-0.3, -0.25) is 14.9 Å². The molecule has 8 heteroatoms. The molecule has 2 saturated heterocycles. The number of nitrogens with one attached hydrogen (secondary N) is 2. The molecule has 1 aromatic carbocycles. The highest BCUT2D eigenvalue weighted by molar-refractivity contribution is 5.90. The second-order valence-electron chi connectivity index (χ2n) is 6.20. The summed E-state index contributed by atoms with van der Waals surface area (Å²) < 4.78 is 5.49. The SMILES string of the molecule is O=C(NC1CC2CCC1N2)c1ncc(-c2cccc([N+](=O)[O-])c2)o1. The predicted octanol–water partition coefficient (Wildman–Crippen LogP) is 1.87. The number of nitro groups is 1. The van der Waals surface area contributed by atoms with Gasteiger partial charge in [0, 0.05) is 35.8 Å². The van der Waals surface area contributed by atoms with E-state index in [-0.39, 0.29) is 23.5 Å². The fourth-order valence-electron chi connectivity index (χ4n) is 3.50. The Balaban J connectivity index is 1.49. The summed E-state index contributed by atoms with van der Waals surface area (Å²) in [5.74, 6) is -0.0553. The lowest BCUT2D eigenvalue weighted by Crippen LogP contribution is -2.43. The number of hydrogen-bond acceptors (Lipinski definition) is 6. The molecule has 2 aliphatic heterocycles. The van der Waals surface area contributed by atoms with Gasteiger partial charge in [-0.15, -0.1) is 0 Å². The largest absolute Gasteiger partial charge is 0.432 e. The number of amides is 1. The Labute approximate surface area is 137 Å². The molecule has 2 fully saturated rings. The van der Waals surface area contributed by atoms with Crippen LogP contribution in [0.3, 0.4) is 0 Å². The Bertz CT molecular complexity index is 803. The van der Waals surface area contributed by atoms with E-state index in [9.17, 15) is 14.9 Å². The third-order valence-electron chi connectivity index (χ3n) is 4.66. The molecule has 2 aliphatic rings. The fraction of sp³-hybridized carbons (Fsp3) is 0.375. The highest BCUT2D eigenvalue weighted by atomic mass is 16.6. The van der Waals surface area contributed by atoms with E-state index in [0.717, 1.165) is 19.3 Å². The number of aromatic nitrogens is 1. The highest BCUT2D eigenvalue weighted by Gasteiger charge is 2.40. The first kappa shape index (κ1) is 14.8. The summed E-state index contributed by atoms with van der Waals surface area (Å²) in [7, 11) is 0. The molecule has 1 amide bonds. The summed E-state index contributed by atoms with van der Waals surface area (Å²) in [5.41, 5.74) is 0.472. The van der Waals surface area contributed by atoms with Crippen LogP contribution in [0.4, 0.5) is 5.69 Å². The van der Waals surface area contributed by atoms with Crippen molar-refractivity contribution in [1.82, 2.24) is 15.6 Å². The van der Waals surface area contributed by atoms with Crippen molar-refractivity contribution in [2.24, 2.45) is 0 Å². The molecule has 0 spiro atoms. The maximum absolute atomic E-state index is 12.3. The molecule has 2 bridgehead atoms. The van der Waals surface area contributed by atoms with E-state index in [0.29, 0.717) is 23.4 Å². The van der Waals surface area contributed by atoms with E-state index in [2.05, 4.69) is 15.6 Å². The minimum absolute atomic E-state index is 0.0284. The van der Waals surface area contributed by atoms with Crippen LogP contribution >= 0.6 is 0 Å². The Hall–Kier alpha value is -2.74. The summed E-state index contributed by atoms with van der Waals surface area (Å²) in [6.45, 7) is 0. The van der Waals surface area contributed by atoms with Gasteiger partial charge in [-0.05, 0) is 19.3 Å². The third kappa shape index (κ3) is 2.65. The van der Waals surface area contributed by atoms with Crippen LogP contribution in [-0.2, 0) is 0 Å². The molecule has 0 radical (unpaired) electrons. The number of benzene rings is 1. The second-order valence-corrected chi connectivity index (χ2v) is 6.20. The van der Waals surface area contributed by atoms with Crippen molar-refractivity contribution < 1.29 is 14.1 Å². The van der Waals surface area contributed by atoms with Crippen LogP contribution in [0.1, 0.15) is 29.9 Å². The van der Waals surface area contributed by atoms with Crippen LogP contribution in [0.25, 0.3) is 11.3 Å². The van der Waals surface area contributed by atoms with Crippen molar-refractivity contribution in [3.8, 4) is 11.3 Å². The molecule has 3 atom stereocenters. The molecule has 2 N–H and O–H groups in total. The molecule has 8 nitrogen and oxygen atoms in total. The van der Waals surface area contributed by atoms with E-state index in [1.165, 1.54) is 18.3 Å². The van der Waals surface area contributed by atoms with Crippen LogP contribution < -0.4 is 10.6 Å². The first-order chi connectivity index (χ1) is 11.6. The van der Waals surface area contributed by atoms with Crippen molar-refractivity contribution >= 4 is 11.6 Å². The van der Waals surface area contributed by atoms with Crippen molar-refractivity contribution in [2.75, 3.05) is 0 Å². The number of oxazole rings is 1. The molecule has 24 heavy (non-hydrogen) atoms. The number of nitro benzene ring substituents is 1. The molecule has 124 valence electrons. The average Bonchev–Trinajstić information content (AvgIpc) is 3.31. The van der Waals surface area contributed by atoms with Gasteiger partial charge >= 0.3 is 5.91 Å². The summed E-state index contributed by atoms with van der Waals surface area (Å²) in [6.07, 6.45) is 4.56. The van der Waals surface area contributed by atoms with Gasteiger partial charge in [0.1, 0.15) is 0 Å². The van der Waals surface area contributed by atoms with E-state index in [4.69, 9.17) is 4.42 Å². The van der Waals surface area contributed by atoms with Crippen LogP contribution in [0.5, 0.6) is 0 Å². The molecule has 3 unspecified atom stereocenters. The van der Waals surface area contributed by atoms with E-state index in [1.54, 1.807) is 12.1 Å². The summed E-state index contributed by atoms with van der Waals surface area (Å²) in [5, 5.41) is 17.3. The standard InChI is InChI=1S/C16H16N4O4/c21-15(19-13-7-10-4-5-12(13)18-10)16-17-8-14(24-16)9-2-1-3-11(6-9)20(22)23/h1-3,6,8,10,12-13,18H,4-5,7H2,(H,19,21). The molecule has 0 saturated carbocycles. The first-order valence-corrected chi connectivity index (χ1v) is 7.88. The minimum Gasteiger partial charge on any atom is -0.432 e. The zero-order valence-electron chi connectivity index (χ0n) is 12.8. The van der Waals surface area contributed by atoms with Gasteiger partial charge in [-0.25, -0.2) is 4.98 Å². The van der Waals surface area contributed by atoms with Crippen LogP contribution in [0.2, 0.25) is 0 Å². The number of hydrogen-bond donors (Lipinski definition) is 2. The minimum atomic E-state index is -0.477. The maximum atomic E-state index is 12.3.